The van der Waals surface area contributed by atoms with Crippen LogP contribution in [-0.2, 0) is 6.54 Å². The van der Waals surface area contributed by atoms with Gasteiger partial charge in [0.25, 0.3) is 0 Å². The van der Waals surface area contributed by atoms with Crippen LogP contribution in [0, 0.1) is 6.92 Å². The van der Waals surface area contributed by atoms with Crippen LogP contribution in [-0.4, -0.2) is 9.55 Å². The van der Waals surface area contributed by atoms with E-state index in [1.54, 1.807) is 0 Å². The summed E-state index contributed by atoms with van der Waals surface area (Å²) in [6, 6.07) is 10.5. The fraction of sp³-hybridized carbons (Fsp3) is 0.133. The van der Waals surface area contributed by atoms with Crippen molar-refractivity contribution in [1.29, 1.82) is 0 Å². The Morgan fingerprint density at radius 2 is 2.11 bits per heavy atom. The molecule has 0 unspecified atom stereocenters. The Kier molecular flexibility index (Phi) is 3.33. The molecule has 19 heavy (non-hydrogen) atoms. The number of rotatable bonds is 2. The number of hydrogen-bond donors (Lipinski definition) is 0. The van der Waals surface area contributed by atoms with Crippen LogP contribution in [0.1, 0.15) is 11.1 Å². The highest BCUT2D eigenvalue weighted by Gasteiger charge is 2.04. The topological polar surface area (TPSA) is 17.8 Å². The summed E-state index contributed by atoms with van der Waals surface area (Å²) in [5.41, 5.74) is 3.39. The van der Waals surface area contributed by atoms with Gasteiger partial charge >= 0.3 is 0 Å². The predicted molar refractivity (Wildman–Crippen MR) is 82.7 cm³/mol. The molecular formula is C15H12BrClN2. The summed E-state index contributed by atoms with van der Waals surface area (Å²) in [6.45, 7) is 2.78. The molecule has 96 valence electrons. The first-order valence-corrected chi connectivity index (χ1v) is 7.16. The lowest BCUT2D eigenvalue weighted by molar-refractivity contribution is 0.830. The molecule has 3 rings (SSSR count). The minimum Gasteiger partial charge on any atom is -0.343 e. The summed E-state index contributed by atoms with van der Waals surface area (Å²) < 4.78 is 3.31. The lowest BCUT2D eigenvalue weighted by Crippen LogP contribution is -1.99. The van der Waals surface area contributed by atoms with Crippen molar-refractivity contribution >= 4 is 38.4 Å². The van der Waals surface area contributed by atoms with Crippen molar-refractivity contribution in [2.75, 3.05) is 0 Å². The molecule has 0 saturated carbocycles. The Hall–Kier alpha value is -1.32. The number of aromatic nitrogens is 2. The molecule has 0 aliphatic heterocycles. The maximum Gasteiger partial charge on any atom is 0.131 e. The molecule has 2 aromatic heterocycles. The molecule has 0 atom stereocenters. The van der Waals surface area contributed by atoms with Crippen LogP contribution in [0.3, 0.4) is 0 Å². The molecule has 0 spiro atoms. The molecule has 1 aromatic carbocycles. The van der Waals surface area contributed by atoms with Gasteiger partial charge in [0, 0.05) is 34.3 Å². The van der Waals surface area contributed by atoms with Crippen LogP contribution < -0.4 is 0 Å². The third kappa shape index (κ3) is 2.53. The maximum atomic E-state index is 5.95. The number of hydrogen-bond acceptors (Lipinski definition) is 1. The molecule has 0 radical (unpaired) electrons. The Balaban J connectivity index is 1.98. The van der Waals surface area contributed by atoms with Crippen LogP contribution in [0.25, 0.3) is 10.9 Å². The average Bonchev–Trinajstić information content (AvgIpc) is 2.76. The van der Waals surface area contributed by atoms with Gasteiger partial charge < -0.3 is 4.57 Å². The highest BCUT2D eigenvalue weighted by atomic mass is 79.9. The van der Waals surface area contributed by atoms with E-state index in [1.165, 1.54) is 10.9 Å². The number of benzene rings is 1. The summed E-state index contributed by atoms with van der Waals surface area (Å²) in [4.78, 5) is 4.20. The van der Waals surface area contributed by atoms with E-state index in [4.69, 9.17) is 11.6 Å². The highest BCUT2D eigenvalue weighted by Crippen LogP contribution is 2.22. The summed E-state index contributed by atoms with van der Waals surface area (Å²) >= 11 is 9.44. The second-order valence-electron chi connectivity index (χ2n) is 4.60. The molecule has 0 fully saturated rings. The van der Waals surface area contributed by atoms with Crippen LogP contribution in [0.2, 0.25) is 5.15 Å². The molecule has 0 saturated heterocycles. The standard InChI is InChI=1S/C15H12BrClN2/c1-10-6-11(8-18-15(10)17)9-19-5-4-12-7-13(16)2-3-14(12)19/h2-8H,9H2,1H3. The van der Waals surface area contributed by atoms with Gasteiger partial charge in [0.05, 0.1) is 0 Å². The van der Waals surface area contributed by atoms with E-state index >= 15 is 0 Å². The van der Waals surface area contributed by atoms with Gasteiger partial charge in [0.2, 0.25) is 0 Å². The van der Waals surface area contributed by atoms with Crippen molar-refractivity contribution in [3.05, 3.63) is 63.5 Å². The monoisotopic (exact) mass is 334 g/mol. The molecule has 0 bridgehead atoms. The van der Waals surface area contributed by atoms with Gasteiger partial charge in [-0.1, -0.05) is 27.5 Å². The van der Waals surface area contributed by atoms with Crippen LogP contribution >= 0.6 is 27.5 Å². The van der Waals surface area contributed by atoms with Gasteiger partial charge in [-0.15, -0.1) is 0 Å². The Morgan fingerprint density at radius 3 is 2.89 bits per heavy atom. The minimum absolute atomic E-state index is 0.574. The normalized spacial score (nSPS) is 11.1. The van der Waals surface area contributed by atoms with Gasteiger partial charge in [-0.3, -0.25) is 0 Å². The predicted octanol–water partition coefficient (Wildman–Crippen LogP) is 4.81. The number of halogens is 2. The molecule has 0 aliphatic rings. The first-order valence-electron chi connectivity index (χ1n) is 5.99. The lowest BCUT2D eigenvalue weighted by atomic mass is 10.2. The van der Waals surface area contributed by atoms with Crippen molar-refractivity contribution in [3.8, 4) is 0 Å². The highest BCUT2D eigenvalue weighted by molar-refractivity contribution is 9.10. The number of fused-ring (bicyclic) bond motifs is 1. The molecule has 0 aliphatic carbocycles. The summed E-state index contributed by atoms with van der Waals surface area (Å²) in [6.07, 6.45) is 3.93. The summed E-state index contributed by atoms with van der Waals surface area (Å²) in [5.74, 6) is 0. The van der Waals surface area contributed by atoms with E-state index in [-0.39, 0.29) is 0 Å². The van der Waals surface area contributed by atoms with Crippen molar-refractivity contribution in [3.63, 3.8) is 0 Å². The molecular weight excluding hydrogens is 324 g/mol. The molecule has 0 amide bonds. The molecule has 2 nitrogen and oxygen atoms in total. The zero-order chi connectivity index (χ0) is 13.4. The molecule has 4 heteroatoms. The SMILES string of the molecule is Cc1cc(Cn2ccc3cc(Br)ccc32)cnc1Cl. The number of pyridine rings is 1. The number of aryl methyl sites for hydroxylation is 1. The smallest absolute Gasteiger partial charge is 0.131 e. The third-order valence-corrected chi connectivity index (χ3v) is 4.05. The summed E-state index contributed by atoms with van der Waals surface area (Å²) in [5, 5.41) is 1.80. The molecule has 3 aromatic rings. The maximum absolute atomic E-state index is 5.95. The fourth-order valence-electron chi connectivity index (χ4n) is 2.21. The van der Waals surface area contributed by atoms with Crippen LogP contribution in [0.15, 0.2) is 47.2 Å². The van der Waals surface area contributed by atoms with Crippen LogP contribution in [0.4, 0.5) is 0 Å². The third-order valence-electron chi connectivity index (χ3n) is 3.16. The van der Waals surface area contributed by atoms with E-state index < -0.39 is 0 Å². The quantitative estimate of drug-likeness (QED) is 0.615. The Labute approximate surface area is 125 Å². The molecule has 2 heterocycles. The van der Waals surface area contributed by atoms with E-state index in [2.05, 4.69) is 62.0 Å². The zero-order valence-electron chi connectivity index (χ0n) is 10.4. The first kappa shape index (κ1) is 12.7. The second kappa shape index (κ2) is 4.99. The second-order valence-corrected chi connectivity index (χ2v) is 5.87. The van der Waals surface area contributed by atoms with Crippen molar-refractivity contribution < 1.29 is 0 Å². The number of nitrogens with zero attached hydrogens (tertiary/aromatic N) is 2. The Morgan fingerprint density at radius 1 is 1.26 bits per heavy atom. The van der Waals surface area contributed by atoms with Crippen molar-refractivity contribution in [2.24, 2.45) is 0 Å². The Bertz CT molecular complexity index is 749. The van der Waals surface area contributed by atoms with Gasteiger partial charge in [-0.25, -0.2) is 4.98 Å². The van der Waals surface area contributed by atoms with E-state index in [0.29, 0.717) is 5.15 Å². The van der Waals surface area contributed by atoms with Gasteiger partial charge in [0.15, 0.2) is 0 Å². The van der Waals surface area contributed by atoms with E-state index in [9.17, 15) is 0 Å². The van der Waals surface area contributed by atoms with Gasteiger partial charge in [-0.2, -0.15) is 0 Å². The average molecular weight is 336 g/mol. The minimum atomic E-state index is 0.574. The molecule has 0 N–H and O–H groups in total. The van der Waals surface area contributed by atoms with Gasteiger partial charge in [0.1, 0.15) is 5.15 Å². The zero-order valence-corrected chi connectivity index (χ0v) is 12.7. The van der Waals surface area contributed by atoms with Gasteiger partial charge in [-0.05, 0) is 48.4 Å². The van der Waals surface area contributed by atoms with E-state index in [0.717, 1.165) is 22.1 Å². The van der Waals surface area contributed by atoms with E-state index in [1.807, 2.05) is 13.1 Å². The lowest BCUT2D eigenvalue weighted by Gasteiger charge is -2.07. The first-order chi connectivity index (χ1) is 9.13. The fourth-order valence-corrected chi connectivity index (χ4v) is 2.69. The largest absolute Gasteiger partial charge is 0.343 e. The van der Waals surface area contributed by atoms with Crippen molar-refractivity contribution in [1.82, 2.24) is 9.55 Å². The summed E-state index contributed by atoms with van der Waals surface area (Å²) in [7, 11) is 0. The van der Waals surface area contributed by atoms with Crippen LogP contribution in [0.5, 0.6) is 0 Å². The van der Waals surface area contributed by atoms with Crippen molar-refractivity contribution in [2.45, 2.75) is 13.5 Å².